The Labute approximate surface area is 86.1 Å². The number of nitrogens with two attached hydrogens (primary N) is 1. The van der Waals surface area contributed by atoms with Gasteiger partial charge in [-0.15, -0.1) is 11.3 Å². The van der Waals surface area contributed by atoms with E-state index in [0.717, 1.165) is 11.4 Å². The number of thiophene rings is 1. The Morgan fingerprint density at radius 1 is 1.31 bits per heavy atom. The van der Waals surface area contributed by atoms with Gasteiger partial charge in [-0.05, 0) is 42.6 Å². The van der Waals surface area contributed by atoms with Crippen LogP contribution in [0.4, 0.5) is 0 Å². The fourth-order valence-corrected chi connectivity index (χ4v) is 2.58. The van der Waals surface area contributed by atoms with Crippen LogP contribution in [0.25, 0.3) is 10.1 Å². The van der Waals surface area contributed by atoms with Crippen LogP contribution in [-0.2, 0) is 6.42 Å². The molecule has 68 valence electrons. The van der Waals surface area contributed by atoms with Crippen molar-refractivity contribution in [3.8, 4) is 0 Å². The van der Waals surface area contributed by atoms with Crippen molar-refractivity contribution >= 4 is 33.0 Å². The molecule has 13 heavy (non-hydrogen) atoms. The van der Waals surface area contributed by atoms with Crippen LogP contribution in [0.1, 0.15) is 4.88 Å². The Hall–Kier alpha value is -0.570. The fraction of sp³-hybridized carbons (Fsp3) is 0.200. The Morgan fingerprint density at radius 3 is 2.92 bits per heavy atom. The highest BCUT2D eigenvalue weighted by atomic mass is 35.5. The van der Waals surface area contributed by atoms with Crippen molar-refractivity contribution in [2.75, 3.05) is 6.54 Å². The predicted molar refractivity (Wildman–Crippen MR) is 59.6 cm³/mol. The molecule has 0 saturated heterocycles. The van der Waals surface area contributed by atoms with Crippen molar-refractivity contribution in [1.29, 1.82) is 0 Å². The van der Waals surface area contributed by atoms with Gasteiger partial charge in [0.2, 0.25) is 0 Å². The van der Waals surface area contributed by atoms with Crippen molar-refractivity contribution in [3.63, 3.8) is 0 Å². The van der Waals surface area contributed by atoms with Gasteiger partial charge in [0.15, 0.2) is 0 Å². The van der Waals surface area contributed by atoms with Gasteiger partial charge in [-0.1, -0.05) is 11.6 Å². The van der Waals surface area contributed by atoms with Crippen LogP contribution in [0.2, 0.25) is 5.02 Å². The highest BCUT2D eigenvalue weighted by Gasteiger charge is 2.00. The first-order valence-electron chi connectivity index (χ1n) is 4.17. The van der Waals surface area contributed by atoms with Gasteiger partial charge in [-0.25, -0.2) is 0 Å². The molecule has 1 nitrogen and oxygen atoms in total. The van der Waals surface area contributed by atoms with Crippen molar-refractivity contribution in [2.24, 2.45) is 5.73 Å². The first-order valence-corrected chi connectivity index (χ1v) is 5.37. The minimum atomic E-state index is 0.709. The van der Waals surface area contributed by atoms with E-state index in [2.05, 4.69) is 12.1 Å². The molecule has 0 amide bonds. The third-order valence-electron chi connectivity index (χ3n) is 1.92. The van der Waals surface area contributed by atoms with Crippen LogP contribution in [0.5, 0.6) is 0 Å². The van der Waals surface area contributed by atoms with E-state index in [1.54, 1.807) is 11.3 Å². The summed E-state index contributed by atoms with van der Waals surface area (Å²) in [6, 6.07) is 8.14. The predicted octanol–water partition coefficient (Wildman–Crippen LogP) is 3.06. The summed E-state index contributed by atoms with van der Waals surface area (Å²) in [5, 5.41) is 2.02. The first-order chi connectivity index (χ1) is 6.29. The van der Waals surface area contributed by atoms with Crippen molar-refractivity contribution in [3.05, 3.63) is 34.2 Å². The van der Waals surface area contributed by atoms with Gasteiger partial charge >= 0.3 is 0 Å². The lowest BCUT2D eigenvalue weighted by molar-refractivity contribution is 0.989. The van der Waals surface area contributed by atoms with Crippen LogP contribution in [-0.4, -0.2) is 6.54 Å². The van der Waals surface area contributed by atoms with Gasteiger partial charge in [0.25, 0.3) is 0 Å². The molecule has 0 aliphatic rings. The van der Waals surface area contributed by atoms with Crippen molar-refractivity contribution < 1.29 is 0 Å². The molecule has 0 aliphatic carbocycles. The first kappa shape index (κ1) is 9.00. The summed E-state index contributed by atoms with van der Waals surface area (Å²) in [5.74, 6) is 0. The van der Waals surface area contributed by atoms with Crippen molar-refractivity contribution in [2.45, 2.75) is 6.42 Å². The molecule has 0 bridgehead atoms. The van der Waals surface area contributed by atoms with Crippen LogP contribution in [0.15, 0.2) is 24.3 Å². The summed E-state index contributed by atoms with van der Waals surface area (Å²) in [4.78, 5) is 1.33. The second-order valence-electron chi connectivity index (χ2n) is 2.93. The molecule has 1 heterocycles. The zero-order chi connectivity index (χ0) is 9.26. The number of hydrogen-bond donors (Lipinski definition) is 1. The maximum Gasteiger partial charge on any atom is 0.0412 e. The lowest BCUT2D eigenvalue weighted by Gasteiger charge is -1.88. The Morgan fingerprint density at radius 2 is 2.15 bits per heavy atom. The highest BCUT2D eigenvalue weighted by Crippen LogP contribution is 2.27. The molecule has 0 unspecified atom stereocenters. The maximum atomic E-state index is 5.88. The minimum absolute atomic E-state index is 0.709. The second kappa shape index (κ2) is 3.66. The molecule has 0 spiro atoms. The Kier molecular flexibility index (Phi) is 2.54. The summed E-state index contributed by atoms with van der Waals surface area (Å²) in [6.45, 7) is 0.709. The Bertz CT molecular complexity index is 422. The molecule has 1 aromatic heterocycles. The van der Waals surface area contributed by atoms with Crippen molar-refractivity contribution in [1.82, 2.24) is 0 Å². The number of benzene rings is 1. The molecule has 2 aromatic rings. The smallest absolute Gasteiger partial charge is 0.0412 e. The van der Waals surface area contributed by atoms with E-state index in [-0.39, 0.29) is 0 Å². The minimum Gasteiger partial charge on any atom is -0.330 e. The Balaban J connectivity index is 2.49. The molecule has 0 radical (unpaired) electrons. The summed E-state index contributed by atoms with van der Waals surface area (Å²) in [5.41, 5.74) is 5.49. The molecular weight excluding hydrogens is 202 g/mol. The molecule has 0 atom stereocenters. The third kappa shape index (κ3) is 1.85. The van der Waals surface area contributed by atoms with Gasteiger partial charge in [-0.2, -0.15) is 0 Å². The van der Waals surface area contributed by atoms with Gasteiger partial charge in [-0.3, -0.25) is 0 Å². The zero-order valence-electron chi connectivity index (χ0n) is 7.09. The molecule has 3 heteroatoms. The van der Waals surface area contributed by atoms with Crippen LogP contribution in [0, 0.1) is 0 Å². The zero-order valence-corrected chi connectivity index (χ0v) is 8.66. The van der Waals surface area contributed by atoms with E-state index in [9.17, 15) is 0 Å². The van der Waals surface area contributed by atoms with Gasteiger partial charge in [0.05, 0.1) is 0 Å². The lowest BCUT2D eigenvalue weighted by atomic mass is 10.2. The monoisotopic (exact) mass is 211 g/mol. The fourth-order valence-electron chi connectivity index (χ4n) is 1.33. The van der Waals surface area contributed by atoms with Gasteiger partial charge < -0.3 is 5.73 Å². The molecule has 0 fully saturated rings. The molecule has 0 aliphatic heterocycles. The molecule has 2 rings (SSSR count). The molecule has 2 N–H and O–H groups in total. The number of rotatable bonds is 2. The van der Waals surface area contributed by atoms with Gasteiger partial charge in [0, 0.05) is 14.6 Å². The van der Waals surface area contributed by atoms with E-state index < -0.39 is 0 Å². The SMILES string of the molecule is NCCc1cc2cc(Cl)ccc2s1. The summed E-state index contributed by atoms with van der Waals surface area (Å²) >= 11 is 7.68. The van der Waals surface area contributed by atoms with Crippen LogP contribution >= 0.6 is 22.9 Å². The summed E-state index contributed by atoms with van der Waals surface area (Å²) in [6.07, 6.45) is 0.955. The standard InChI is InChI=1S/C10H10ClNS/c11-8-1-2-10-7(5-8)6-9(13-10)3-4-12/h1-2,5-6H,3-4,12H2. The average Bonchev–Trinajstić information content (AvgIpc) is 2.46. The van der Waals surface area contributed by atoms with E-state index in [4.69, 9.17) is 17.3 Å². The maximum absolute atomic E-state index is 5.88. The normalized spacial score (nSPS) is 10.9. The molecular formula is C10H10ClNS. The quantitative estimate of drug-likeness (QED) is 0.812. The number of hydrogen-bond acceptors (Lipinski definition) is 2. The summed E-state index contributed by atoms with van der Waals surface area (Å²) in [7, 11) is 0. The summed E-state index contributed by atoms with van der Waals surface area (Å²) < 4.78 is 1.29. The van der Waals surface area contributed by atoms with E-state index in [1.165, 1.54) is 15.0 Å². The van der Waals surface area contributed by atoms with E-state index >= 15 is 0 Å². The highest BCUT2D eigenvalue weighted by molar-refractivity contribution is 7.19. The van der Waals surface area contributed by atoms with Crippen LogP contribution in [0.3, 0.4) is 0 Å². The number of halogens is 1. The molecule has 0 saturated carbocycles. The molecule has 1 aromatic carbocycles. The van der Waals surface area contributed by atoms with E-state index in [0.29, 0.717) is 6.54 Å². The third-order valence-corrected chi connectivity index (χ3v) is 3.33. The second-order valence-corrected chi connectivity index (χ2v) is 4.54. The average molecular weight is 212 g/mol. The topological polar surface area (TPSA) is 26.0 Å². The van der Waals surface area contributed by atoms with E-state index in [1.807, 2.05) is 12.1 Å². The number of fused-ring (bicyclic) bond motifs is 1. The van der Waals surface area contributed by atoms with Gasteiger partial charge in [0.1, 0.15) is 0 Å². The lowest BCUT2D eigenvalue weighted by Crippen LogP contribution is -2.00. The largest absolute Gasteiger partial charge is 0.330 e. The van der Waals surface area contributed by atoms with Crippen LogP contribution < -0.4 is 5.73 Å².